The van der Waals surface area contributed by atoms with E-state index in [1.165, 1.54) is 0 Å². The van der Waals surface area contributed by atoms with E-state index in [-0.39, 0.29) is 5.69 Å². The maximum Gasteiger partial charge on any atom is 0.338 e. The number of aliphatic hydroxyl groups excluding tert-OH is 1. The van der Waals surface area contributed by atoms with Gasteiger partial charge in [-0.05, 0) is 12.1 Å². The van der Waals surface area contributed by atoms with E-state index < -0.39 is 12.1 Å². The van der Waals surface area contributed by atoms with Crippen LogP contribution < -0.4 is 0 Å². The van der Waals surface area contributed by atoms with Crippen LogP contribution in [0.3, 0.4) is 0 Å². The average molecular weight is 226 g/mol. The zero-order valence-electron chi connectivity index (χ0n) is 7.57. The molecule has 2 rings (SSSR count). The van der Waals surface area contributed by atoms with E-state index >= 15 is 0 Å². The van der Waals surface area contributed by atoms with Crippen molar-refractivity contribution in [2.45, 2.75) is 6.10 Å². The molecule has 0 bridgehead atoms. The highest BCUT2D eigenvalue weighted by Gasteiger charge is 2.18. The van der Waals surface area contributed by atoms with E-state index in [0.29, 0.717) is 10.5 Å². The van der Waals surface area contributed by atoms with Gasteiger partial charge in [-0.25, -0.2) is 4.79 Å². The lowest BCUT2D eigenvalue weighted by molar-refractivity contribution is -0.147. The number of benzene rings is 1. The second-order valence-corrected chi connectivity index (χ2v) is 3.58. The van der Waals surface area contributed by atoms with Crippen LogP contribution in [0.25, 0.3) is 10.9 Å². The number of aliphatic hydroxyl groups is 1. The van der Waals surface area contributed by atoms with Crippen molar-refractivity contribution in [3.05, 3.63) is 35.0 Å². The lowest BCUT2D eigenvalue weighted by Crippen LogP contribution is -2.10. The predicted molar refractivity (Wildman–Crippen MR) is 55.9 cm³/mol. The normalized spacial score (nSPS) is 12.9. The molecule has 0 aliphatic carbocycles. The quantitative estimate of drug-likeness (QED) is 0.731. The molecule has 78 valence electrons. The van der Waals surface area contributed by atoms with E-state index in [0.717, 1.165) is 5.39 Å². The van der Waals surface area contributed by atoms with Gasteiger partial charge in [-0.3, -0.25) is 0 Å². The third-order valence-corrected chi connectivity index (χ3v) is 2.47. The molecule has 0 aliphatic rings. The number of rotatable bonds is 2. The first kappa shape index (κ1) is 10.0. The summed E-state index contributed by atoms with van der Waals surface area (Å²) in [6.45, 7) is 0. The van der Waals surface area contributed by atoms with Gasteiger partial charge in [0.2, 0.25) is 0 Å². The maximum atomic E-state index is 10.6. The summed E-state index contributed by atoms with van der Waals surface area (Å²) in [5, 5.41) is 19.2. The number of aromatic nitrogens is 1. The third-order valence-electron chi connectivity index (χ3n) is 2.15. The van der Waals surface area contributed by atoms with Gasteiger partial charge in [-0.2, -0.15) is 0 Å². The molecule has 0 amide bonds. The van der Waals surface area contributed by atoms with Crippen molar-refractivity contribution in [1.29, 1.82) is 0 Å². The summed E-state index contributed by atoms with van der Waals surface area (Å²) in [6.07, 6.45) is -1.55. The Labute approximate surface area is 90.1 Å². The number of carboxylic acids is 1. The second kappa shape index (κ2) is 3.56. The molecule has 1 unspecified atom stereocenters. The number of H-pyrrole nitrogens is 1. The van der Waals surface area contributed by atoms with Gasteiger partial charge in [0.05, 0.1) is 16.2 Å². The Hall–Kier alpha value is -1.52. The third kappa shape index (κ3) is 1.69. The van der Waals surface area contributed by atoms with Gasteiger partial charge in [0.25, 0.3) is 0 Å². The molecule has 0 saturated carbocycles. The highest BCUT2D eigenvalue weighted by atomic mass is 35.5. The molecular formula is C10H8ClNO3. The number of carbonyl (C=O) groups is 1. The number of aliphatic carboxylic acids is 1. The fourth-order valence-corrected chi connectivity index (χ4v) is 1.65. The summed E-state index contributed by atoms with van der Waals surface area (Å²) >= 11 is 5.89. The number of halogens is 1. The Morgan fingerprint density at radius 3 is 2.80 bits per heavy atom. The van der Waals surface area contributed by atoms with Crippen LogP contribution in [0.2, 0.25) is 5.02 Å². The minimum atomic E-state index is -1.55. The van der Waals surface area contributed by atoms with Crippen molar-refractivity contribution in [3.63, 3.8) is 0 Å². The standard InChI is InChI=1S/C10H8ClNO3/c11-6-3-1-2-5-4-7(12-8(5)6)9(13)10(14)15/h1-4,9,12-13H,(H,14,15). The van der Waals surface area contributed by atoms with E-state index in [1.54, 1.807) is 24.3 Å². The van der Waals surface area contributed by atoms with Crippen LogP contribution >= 0.6 is 11.6 Å². The van der Waals surface area contributed by atoms with Crippen molar-refractivity contribution in [2.75, 3.05) is 0 Å². The molecule has 2 aromatic rings. The first-order valence-corrected chi connectivity index (χ1v) is 4.65. The monoisotopic (exact) mass is 225 g/mol. The molecule has 1 aromatic carbocycles. The van der Waals surface area contributed by atoms with Crippen molar-refractivity contribution < 1.29 is 15.0 Å². The first-order valence-electron chi connectivity index (χ1n) is 4.27. The smallest absolute Gasteiger partial charge is 0.338 e. The second-order valence-electron chi connectivity index (χ2n) is 3.17. The van der Waals surface area contributed by atoms with Crippen LogP contribution in [0, 0.1) is 0 Å². The van der Waals surface area contributed by atoms with Gasteiger partial charge in [0.1, 0.15) is 0 Å². The fourth-order valence-electron chi connectivity index (χ4n) is 1.42. The zero-order chi connectivity index (χ0) is 11.0. The Balaban J connectivity index is 2.56. The lowest BCUT2D eigenvalue weighted by atomic mass is 10.2. The molecule has 1 heterocycles. The Morgan fingerprint density at radius 1 is 1.47 bits per heavy atom. The zero-order valence-corrected chi connectivity index (χ0v) is 8.32. The molecule has 0 radical (unpaired) electrons. The predicted octanol–water partition coefficient (Wildman–Crippen LogP) is 1.94. The highest BCUT2D eigenvalue weighted by molar-refractivity contribution is 6.35. The summed E-state index contributed by atoms with van der Waals surface area (Å²) in [5.74, 6) is -1.29. The van der Waals surface area contributed by atoms with Gasteiger partial charge >= 0.3 is 5.97 Å². The first-order chi connectivity index (χ1) is 7.09. The molecule has 1 aromatic heterocycles. The van der Waals surface area contributed by atoms with E-state index in [4.69, 9.17) is 16.7 Å². The summed E-state index contributed by atoms with van der Waals surface area (Å²) in [6, 6.07) is 6.81. The largest absolute Gasteiger partial charge is 0.479 e. The minimum Gasteiger partial charge on any atom is -0.479 e. The van der Waals surface area contributed by atoms with Gasteiger partial charge in [-0.1, -0.05) is 23.7 Å². The molecule has 4 nitrogen and oxygen atoms in total. The van der Waals surface area contributed by atoms with Crippen LogP contribution in [0.15, 0.2) is 24.3 Å². The lowest BCUT2D eigenvalue weighted by Gasteiger charge is -2.00. The molecule has 0 aliphatic heterocycles. The fraction of sp³-hybridized carbons (Fsp3) is 0.100. The molecule has 15 heavy (non-hydrogen) atoms. The van der Waals surface area contributed by atoms with E-state index in [2.05, 4.69) is 4.98 Å². The van der Waals surface area contributed by atoms with Crippen molar-refractivity contribution in [3.8, 4) is 0 Å². The van der Waals surface area contributed by atoms with Gasteiger partial charge in [-0.15, -0.1) is 0 Å². The summed E-state index contributed by atoms with van der Waals surface area (Å²) in [4.78, 5) is 13.3. The Bertz CT molecular complexity index is 520. The molecular weight excluding hydrogens is 218 g/mol. The summed E-state index contributed by atoms with van der Waals surface area (Å²) < 4.78 is 0. The number of aromatic amines is 1. The number of para-hydroxylation sites is 1. The van der Waals surface area contributed by atoms with E-state index in [9.17, 15) is 9.90 Å². The van der Waals surface area contributed by atoms with Gasteiger partial charge < -0.3 is 15.2 Å². The Kier molecular flexibility index (Phi) is 2.38. The van der Waals surface area contributed by atoms with Gasteiger partial charge in [0.15, 0.2) is 6.10 Å². The summed E-state index contributed by atoms with van der Waals surface area (Å²) in [5.41, 5.74) is 0.861. The van der Waals surface area contributed by atoms with Crippen molar-refractivity contribution in [1.82, 2.24) is 4.98 Å². The van der Waals surface area contributed by atoms with Crippen LogP contribution in [-0.4, -0.2) is 21.2 Å². The summed E-state index contributed by atoms with van der Waals surface area (Å²) in [7, 11) is 0. The van der Waals surface area contributed by atoms with Crippen molar-refractivity contribution >= 4 is 28.5 Å². The number of carboxylic acid groups (broad SMARTS) is 1. The van der Waals surface area contributed by atoms with Crippen LogP contribution in [0.4, 0.5) is 0 Å². The molecule has 1 atom stereocenters. The maximum absolute atomic E-state index is 10.6. The van der Waals surface area contributed by atoms with Crippen LogP contribution in [0.5, 0.6) is 0 Å². The van der Waals surface area contributed by atoms with E-state index in [1.807, 2.05) is 0 Å². The number of hydrogen-bond donors (Lipinski definition) is 3. The number of fused-ring (bicyclic) bond motifs is 1. The van der Waals surface area contributed by atoms with Crippen LogP contribution in [-0.2, 0) is 4.79 Å². The Morgan fingerprint density at radius 2 is 2.20 bits per heavy atom. The SMILES string of the molecule is O=C(O)C(O)c1cc2cccc(Cl)c2[nH]1. The topological polar surface area (TPSA) is 73.3 Å². The molecule has 0 fully saturated rings. The molecule has 3 N–H and O–H groups in total. The average Bonchev–Trinajstić information content (AvgIpc) is 2.61. The molecule has 0 saturated heterocycles. The molecule has 5 heteroatoms. The highest BCUT2D eigenvalue weighted by Crippen LogP contribution is 2.25. The van der Waals surface area contributed by atoms with Crippen molar-refractivity contribution in [2.24, 2.45) is 0 Å². The molecule has 0 spiro atoms. The number of hydrogen-bond acceptors (Lipinski definition) is 2. The van der Waals surface area contributed by atoms with Gasteiger partial charge in [0, 0.05) is 5.39 Å². The minimum absolute atomic E-state index is 0.227. The number of nitrogens with one attached hydrogen (secondary N) is 1. The van der Waals surface area contributed by atoms with Crippen LogP contribution in [0.1, 0.15) is 11.8 Å².